The van der Waals surface area contributed by atoms with Crippen molar-refractivity contribution in [3.8, 4) is 0 Å². The maximum absolute atomic E-state index is 3.67. The van der Waals surface area contributed by atoms with Crippen molar-refractivity contribution in [1.29, 1.82) is 0 Å². The predicted octanol–water partition coefficient (Wildman–Crippen LogP) is 4.75. The maximum Gasteiger partial charge on any atom is 0.0455 e. The molecule has 0 bridgehead atoms. The minimum atomic E-state index is 0.451. The number of nitrogens with one attached hydrogen (secondary N) is 1. The van der Waals surface area contributed by atoms with Crippen molar-refractivity contribution in [2.45, 2.75) is 52.5 Å². The average Bonchev–Trinajstić information content (AvgIpc) is 3.05. The quantitative estimate of drug-likeness (QED) is 0.840. The summed E-state index contributed by atoms with van der Waals surface area (Å²) in [5.41, 5.74) is 6.06. The zero-order chi connectivity index (χ0) is 14.8. The van der Waals surface area contributed by atoms with Gasteiger partial charge >= 0.3 is 0 Å². The summed E-state index contributed by atoms with van der Waals surface area (Å²) in [4.78, 5) is 2.93. The van der Waals surface area contributed by atoms with Crippen molar-refractivity contribution in [3.05, 3.63) is 56.3 Å². The zero-order valence-electron chi connectivity index (χ0n) is 13.3. The van der Waals surface area contributed by atoms with E-state index in [1.54, 1.807) is 11.1 Å². The molecule has 0 fully saturated rings. The third-order valence-electron chi connectivity index (χ3n) is 4.58. The van der Waals surface area contributed by atoms with Gasteiger partial charge in [0.05, 0.1) is 0 Å². The molecular weight excluding hydrogens is 274 g/mol. The van der Waals surface area contributed by atoms with Crippen molar-refractivity contribution in [2.24, 2.45) is 0 Å². The molecule has 1 unspecified atom stereocenters. The fourth-order valence-electron chi connectivity index (χ4n) is 3.28. The molecule has 0 aliphatic heterocycles. The molecule has 0 saturated carbocycles. The molecule has 0 amide bonds. The van der Waals surface area contributed by atoms with Gasteiger partial charge in [-0.05, 0) is 74.4 Å². The number of hydrogen-bond acceptors (Lipinski definition) is 2. The van der Waals surface area contributed by atoms with Crippen LogP contribution in [0.25, 0.3) is 0 Å². The van der Waals surface area contributed by atoms with E-state index < -0.39 is 0 Å². The van der Waals surface area contributed by atoms with E-state index in [9.17, 15) is 0 Å². The van der Waals surface area contributed by atoms with Crippen LogP contribution in [0.1, 0.15) is 51.4 Å². The molecule has 1 aromatic heterocycles. The number of thiophene rings is 1. The fourth-order valence-corrected chi connectivity index (χ4v) is 4.40. The lowest BCUT2D eigenvalue weighted by atomic mass is 10.00. The smallest absolute Gasteiger partial charge is 0.0455 e. The molecule has 1 aromatic carbocycles. The molecule has 1 aliphatic carbocycles. The van der Waals surface area contributed by atoms with Crippen molar-refractivity contribution >= 4 is 11.3 Å². The first-order chi connectivity index (χ1) is 10.2. The molecule has 2 heteroatoms. The molecule has 0 radical (unpaired) electrons. The van der Waals surface area contributed by atoms with Crippen molar-refractivity contribution < 1.29 is 0 Å². The van der Waals surface area contributed by atoms with Gasteiger partial charge in [-0.1, -0.05) is 25.1 Å². The van der Waals surface area contributed by atoms with Crippen molar-refractivity contribution in [3.63, 3.8) is 0 Å². The minimum Gasteiger partial charge on any atom is -0.309 e. The SMILES string of the molecule is CCNC(Cc1ccc2c(c1)CCC2)c1cc(C)c(C)s1. The van der Waals surface area contributed by atoms with E-state index in [1.807, 2.05) is 11.3 Å². The van der Waals surface area contributed by atoms with E-state index in [0.29, 0.717) is 6.04 Å². The van der Waals surface area contributed by atoms with Gasteiger partial charge in [0.15, 0.2) is 0 Å². The Bertz CT molecular complexity index is 607. The van der Waals surface area contributed by atoms with Gasteiger partial charge in [-0.3, -0.25) is 0 Å². The predicted molar refractivity (Wildman–Crippen MR) is 92.4 cm³/mol. The van der Waals surface area contributed by atoms with Gasteiger partial charge in [0.1, 0.15) is 0 Å². The van der Waals surface area contributed by atoms with Crippen LogP contribution in [0.2, 0.25) is 0 Å². The van der Waals surface area contributed by atoms with Gasteiger partial charge < -0.3 is 5.32 Å². The lowest BCUT2D eigenvalue weighted by Gasteiger charge is -2.17. The topological polar surface area (TPSA) is 12.0 Å². The Kier molecular flexibility index (Phi) is 4.46. The molecule has 1 atom stereocenters. The number of likely N-dealkylation sites (N-methyl/N-ethyl adjacent to an activating group) is 1. The molecule has 3 rings (SSSR count). The molecule has 1 heterocycles. The normalized spacial score (nSPS) is 15.2. The summed E-state index contributed by atoms with van der Waals surface area (Å²) in [6.07, 6.45) is 4.97. The van der Waals surface area contributed by atoms with Gasteiger partial charge in [-0.25, -0.2) is 0 Å². The van der Waals surface area contributed by atoms with Gasteiger partial charge in [-0.2, -0.15) is 0 Å². The van der Waals surface area contributed by atoms with E-state index in [4.69, 9.17) is 0 Å². The van der Waals surface area contributed by atoms with Crippen molar-refractivity contribution in [1.82, 2.24) is 5.32 Å². The van der Waals surface area contributed by atoms with E-state index in [0.717, 1.165) is 13.0 Å². The first-order valence-corrected chi connectivity index (χ1v) is 8.90. The highest BCUT2D eigenvalue weighted by Crippen LogP contribution is 2.30. The van der Waals surface area contributed by atoms with Crippen LogP contribution in [0.4, 0.5) is 0 Å². The molecule has 1 aliphatic rings. The second-order valence-corrected chi connectivity index (χ2v) is 7.45. The maximum atomic E-state index is 3.67. The Balaban J connectivity index is 1.81. The molecule has 0 saturated heterocycles. The summed E-state index contributed by atoms with van der Waals surface area (Å²) in [6.45, 7) is 7.66. The van der Waals surface area contributed by atoms with Crippen LogP contribution in [-0.2, 0) is 19.3 Å². The molecule has 1 N–H and O–H groups in total. The molecule has 2 aromatic rings. The van der Waals surface area contributed by atoms with Crippen LogP contribution in [0.5, 0.6) is 0 Å². The first kappa shape index (κ1) is 14.8. The summed E-state index contributed by atoms with van der Waals surface area (Å²) in [6, 6.07) is 9.94. The molecular formula is C19H25NS. The van der Waals surface area contributed by atoms with E-state index in [-0.39, 0.29) is 0 Å². The molecule has 21 heavy (non-hydrogen) atoms. The number of rotatable bonds is 5. The van der Waals surface area contributed by atoms with E-state index in [1.165, 1.54) is 40.1 Å². The third kappa shape index (κ3) is 3.22. The van der Waals surface area contributed by atoms with Crippen LogP contribution < -0.4 is 5.32 Å². The summed E-state index contributed by atoms with van der Waals surface area (Å²) in [7, 11) is 0. The second kappa shape index (κ2) is 6.33. The fraction of sp³-hybridized carbons (Fsp3) is 0.474. The number of fused-ring (bicyclic) bond motifs is 1. The third-order valence-corrected chi connectivity index (χ3v) is 5.85. The Hall–Kier alpha value is -1.12. The lowest BCUT2D eigenvalue weighted by molar-refractivity contribution is 0.558. The average molecular weight is 299 g/mol. The minimum absolute atomic E-state index is 0.451. The number of hydrogen-bond donors (Lipinski definition) is 1. The lowest BCUT2D eigenvalue weighted by Crippen LogP contribution is -2.22. The standard InChI is InChI=1S/C19H25NS/c1-4-20-18(19-10-13(2)14(3)21-19)12-15-8-9-16-6-5-7-17(16)11-15/h8-11,18,20H,4-7,12H2,1-3H3. The van der Waals surface area contributed by atoms with Crippen LogP contribution in [-0.4, -0.2) is 6.54 Å². The Morgan fingerprint density at radius 3 is 2.67 bits per heavy atom. The van der Waals surface area contributed by atoms with Crippen LogP contribution in [0.3, 0.4) is 0 Å². The second-order valence-electron chi connectivity index (χ2n) is 6.16. The Morgan fingerprint density at radius 2 is 1.95 bits per heavy atom. The zero-order valence-corrected chi connectivity index (χ0v) is 14.1. The summed E-state index contributed by atoms with van der Waals surface area (Å²) in [5.74, 6) is 0. The summed E-state index contributed by atoms with van der Waals surface area (Å²) < 4.78 is 0. The number of aryl methyl sites for hydroxylation is 4. The van der Waals surface area contributed by atoms with Gasteiger partial charge in [0, 0.05) is 15.8 Å². The van der Waals surface area contributed by atoms with Crippen molar-refractivity contribution in [2.75, 3.05) is 6.54 Å². The van der Waals surface area contributed by atoms with Crippen LogP contribution >= 0.6 is 11.3 Å². The molecule has 112 valence electrons. The van der Waals surface area contributed by atoms with E-state index >= 15 is 0 Å². The van der Waals surface area contributed by atoms with Crippen LogP contribution in [0, 0.1) is 13.8 Å². The van der Waals surface area contributed by atoms with Crippen LogP contribution in [0.15, 0.2) is 24.3 Å². The van der Waals surface area contributed by atoms with Gasteiger partial charge in [0.25, 0.3) is 0 Å². The summed E-state index contributed by atoms with van der Waals surface area (Å²) >= 11 is 1.94. The van der Waals surface area contributed by atoms with E-state index in [2.05, 4.69) is 50.4 Å². The highest BCUT2D eigenvalue weighted by molar-refractivity contribution is 7.12. The van der Waals surface area contributed by atoms with Gasteiger partial charge in [0.2, 0.25) is 0 Å². The molecule has 0 spiro atoms. The number of benzene rings is 1. The Morgan fingerprint density at radius 1 is 1.14 bits per heavy atom. The largest absolute Gasteiger partial charge is 0.309 e. The monoisotopic (exact) mass is 299 g/mol. The first-order valence-electron chi connectivity index (χ1n) is 8.08. The highest BCUT2D eigenvalue weighted by atomic mass is 32.1. The summed E-state index contributed by atoms with van der Waals surface area (Å²) in [5, 5.41) is 3.67. The Labute approximate surface area is 132 Å². The highest BCUT2D eigenvalue weighted by Gasteiger charge is 2.16. The van der Waals surface area contributed by atoms with Gasteiger partial charge in [-0.15, -0.1) is 11.3 Å². The molecule has 1 nitrogen and oxygen atoms in total.